The van der Waals surface area contributed by atoms with Crippen LogP contribution in [0.25, 0.3) is 0 Å². The fourth-order valence-corrected chi connectivity index (χ4v) is 2.63. The predicted octanol–water partition coefficient (Wildman–Crippen LogP) is 2.46. The van der Waals surface area contributed by atoms with Gasteiger partial charge in [-0.05, 0) is 23.6 Å². The van der Waals surface area contributed by atoms with Crippen LogP contribution in [0, 0.1) is 11.8 Å². The van der Waals surface area contributed by atoms with Crippen molar-refractivity contribution in [2.75, 3.05) is 13.1 Å². The first-order valence-electron chi connectivity index (χ1n) is 7.25. The van der Waals surface area contributed by atoms with E-state index >= 15 is 0 Å². The molecule has 1 fully saturated rings. The minimum absolute atomic E-state index is 0.0513. The lowest BCUT2D eigenvalue weighted by atomic mass is 10.1. The van der Waals surface area contributed by atoms with Crippen LogP contribution in [0.1, 0.15) is 25.8 Å². The van der Waals surface area contributed by atoms with E-state index in [0.29, 0.717) is 30.5 Å². The Morgan fingerprint density at radius 2 is 2.05 bits per heavy atom. The van der Waals surface area contributed by atoms with E-state index < -0.39 is 0 Å². The Kier molecular flexibility index (Phi) is 5.23. The van der Waals surface area contributed by atoms with Crippen molar-refractivity contribution in [2.45, 2.75) is 26.8 Å². The number of benzene rings is 1. The Hall–Kier alpha value is -1.55. The molecule has 4 nitrogen and oxygen atoms in total. The Bertz CT molecular complexity index is 514. The molecule has 1 N–H and O–H groups in total. The summed E-state index contributed by atoms with van der Waals surface area (Å²) in [5, 5.41) is 3.57. The Morgan fingerprint density at radius 1 is 1.38 bits per heavy atom. The standard InChI is InChI=1S/C16H21ClN2O2/c1-11(2)9-19-10-13(7-15(19)20)16(21)18-8-12-3-5-14(17)6-4-12/h3-6,11,13H,7-10H2,1-2H3,(H,18,21). The van der Waals surface area contributed by atoms with E-state index in [1.54, 1.807) is 17.0 Å². The Balaban J connectivity index is 1.84. The summed E-state index contributed by atoms with van der Waals surface area (Å²) in [4.78, 5) is 25.8. The van der Waals surface area contributed by atoms with Crippen LogP contribution < -0.4 is 5.32 Å². The molecule has 0 aliphatic carbocycles. The second-order valence-corrected chi connectivity index (χ2v) is 6.37. The number of hydrogen-bond donors (Lipinski definition) is 1. The van der Waals surface area contributed by atoms with E-state index in [9.17, 15) is 9.59 Å². The van der Waals surface area contributed by atoms with Crippen LogP contribution in [0.15, 0.2) is 24.3 Å². The first kappa shape index (κ1) is 15.8. The Morgan fingerprint density at radius 3 is 2.67 bits per heavy atom. The molecule has 0 spiro atoms. The van der Waals surface area contributed by atoms with Crippen molar-refractivity contribution < 1.29 is 9.59 Å². The molecule has 114 valence electrons. The number of halogens is 1. The molecule has 1 aliphatic rings. The number of rotatable bonds is 5. The largest absolute Gasteiger partial charge is 0.352 e. The van der Waals surface area contributed by atoms with Gasteiger partial charge in [-0.25, -0.2) is 0 Å². The van der Waals surface area contributed by atoms with Gasteiger partial charge in [0.05, 0.1) is 5.92 Å². The Labute approximate surface area is 130 Å². The van der Waals surface area contributed by atoms with Gasteiger partial charge in [0.1, 0.15) is 0 Å². The zero-order valence-corrected chi connectivity index (χ0v) is 13.2. The number of amides is 2. The average Bonchev–Trinajstić information content (AvgIpc) is 2.78. The molecule has 0 bridgehead atoms. The van der Waals surface area contributed by atoms with Gasteiger partial charge in [0, 0.05) is 31.1 Å². The van der Waals surface area contributed by atoms with Crippen molar-refractivity contribution in [2.24, 2.45) is 11.8 Å². The van der Waals surface area contributed by atoms with Gasteiger partial charge in [-0.15, -0.1) is 0 Å². The molecule has 21 heavy (non-hydrogen) atoms. The SMILES string of the molecule is CC(C)CN1CC(C(=O)NCc2ccc(Cl)cc2)CC1=O. The number of nitrogens with one attached hydrogen (secondary N) is 1. The smallest absolute Gasteiger partial charge is 0.225 e. The summed E-state index contributed by atoms with van der Waals surface area (Å²) in [5.41, 5.74) is 0.996. The monoisotopic (exact) mass is 308 g/mol. The normalized spacial score (nSPS) is 18.4. The third-order valence-corrected chi connectivity index (χ3v) is 3.80. The van der Waals surface area contributed by atoms with Crippen molar-refractivity contribution >= 4 is 23.4 Å². The van der Waals surface area contributed by atoms with Gasteiger partial charge in [-0.3, -0.25) is 9.59 Å². The molecule has 1 aromatic rings. The molecule has 5 heteroatoms. The van der Waals surface area contributed by atoms with Crippen LogP contribution >= 0.6 is 11.6 Å². The molecule has 1 aromatic carbocycles. The number of carbonyl (C=O) groups excluding carboxylic acids is 2. The first-order valence-corrected chi connectivity index (χ1v) is 7.63. The molecular formula is C16H21ClN2O2. The molecule has 1 heterocycles. The van der Waals surface area contributed by atoms with Gasteiger partial charge in [-0.2, -0.15) is 0 Å². The lowest BCUT2D eigenvalue weighted by molar-refractivity contribution is -0.129. The fraction of sp³-hybridized carbons (Fsp3) is 0.500. The third-order valence-electron chi connectivity index (χ3n) is 3.55. The van der Waals surface area contributed by atoms with E-state index in [-0.39, 0.29) is 17.7 Å². The fourth-order valence-electron chi connectivity index (χ4n) is 2.50. The third kappa shape index (κ3) is 4.46. The van der Waals surface area contributed by atoms with Crippen LogP contribution in [0.3, 0.4) is 0 Å². The van der Waals surface area contributed by atoms with Gasteiger partial charge in [0.2, 0.25) is 11.8 Å². The van der Waals surface area contributed by atoms with Crippen LogP contribution in [0.5, 0.6) is 0 Å². The molecule has 0 radical (unpaired) electrons. The highest BCUT2D eigenvalue weighted by Gasteiger charge is 2.34. The van der Waals surface area contributed by atoms with E-state index in [0.717, 1.165) is 12.1 Å². The van der Waals surface area contributed by atoms with Crippen LogP contribution in [0.4, 0.5) is 0 Å². The predicted molar refractivity (Wildman–Crippen MR) is 82.8 cm³/mol. The minimum Gasteiger partial charge on any atom is -0.352 e. The molecule has 1 unspecified atom stereocenters. The molecule has 0 saturated carbocycles. The lowest BCUT2D eigenvalue weighted by Crippen LogP contribution is -2.33. The number of likely N-dealkylation sites (tertiary alicyclic amines) is 1. The number of hydrogen-bond acceptors (Lipinski definition) is 2. The molecule has 1 saturated heterocycles. The van der Waals surface area contributed by atoms with Gasteiger partial charge in [0.15, 0.2) is 0 Å². The highest BCUT2D eigenvalue weighted by Crippen LogP contribution is 2.19. The molecule has 1 aliphatic heterocycles. The zero-order chi connectivity index (χ0) is 15.4. The van der Waals surface area contributed by atoms with Crippen LogP contribution in [-0.4, -0.2) is 29.8 Å². The number of carbonyl (C=O) groups is 2. The van der Waals surface area contributed by atoms with E-state index in [1.807, 2.05) is 12.1 Å². The van der Waals surface area contributed by atoms with Gasteiger partial charge < -0.3 is 10.2 Å². The summed E-state index contributed by atoms with van der Waals surface area (Å²) in [6.45, 7) is 5.86. The zero-order valence-electron chi connectivity index (χ0n) is 12.4. The maximum Gasteiger partial charge on any atom is 0.225 e. The van der Waals surface area contributed by atoms with Crippen molar-refractivity contribution in [1.82, 2.24) is 10.2 Å². The van der Waals surface area contributed by atoms with Crippen molar-refractivity contribution in [3.05, 3.63) is 34.9 Å². The van der Waals surface area contributed by atoms with Gasteiger partial charge >= 0.3 is 0 Å². The summed E-state index contributed by atoms with van der Waals surface area (Å²) in [7, 11) is 0. The summed E-state index contributed by atoms with van der Waals surface area (Å²) in [6.07, 6.45) is 0.319. The van der Waals surface area contributed by atoms with Crippen molar-refractivity contribution in [3.8, 4) is 0 Å². The molecular weight excluding hydrogens is 288 g/mol. The van der Waals surface area contributed by atoms with E-state index in [2.05, 4.69) is 19.2 Å². The van der Waals surface area contributed by atoms with Gasteiger partial charge in [-0.1, -0.05) is 37.6 Å². The van der Waals surface area contributed by atoms with Crippen LogP contribution in [-0.2, 0) is 16.1 Å². The average molecular weight is 309 g/mol. The van der Waals surface area contributed by atoms with E-state index in [1.165, 1.54) is 0 Å². The van der Waals surface area contributed by atoms with Crippen molar-refractivity contribution in [3.63, 3.8) is 0 Å². The van der Waals surface area contributed by atoms with E-state index in [4.69, 9.17) is 11.6 Å². The summed E-state index contributed by atoms with van der Waals surface area (Å²) >= 11 is 5.82. The van der Waals surface area contributed by atoms with Crippen molar-refractivity contribution in [1.29, 1.82) is 0 Å². The summed E-state index contributed by atoms with van der Waals surface area (Å²) in [5.74, 6) is 0.216. The highest BCUT2D eigenvalue weighted by atomic mass is 35.5. The topological polar surface area (TPSA) is 49.4 Å². The maximum absolute atomic E-state index is 12.1. The maximum atomic E-state index is 12.1. The van der Waals surface area contributed by atoms with Crippen LogP contribution in [0.2, 0.25) is 5.02 Å². The summed E-state index contributed by atoms with van der Waals surface area (Å²) in [6, 6.07) is 7.36. The van der Waals surface area contributed by atoms with Gasteiger partial charge in [0.25, 0.3) is 0 Å². The summed E-state index contributed by atoms with van der Waals surface area (Å²) < 4.78 is 0. The second-order valence-electron chi connectivity index (χ2n) is 5.94. The number of nitrogens with zero attached hydrogens (tertiary/aromatic N) is 1. The molecule has 1 atom stereocenters. The minimum atomic E-state index is -0.233. The lowest BCUT2D eigenvalue weighted by Gasteiger charge is -2.18. The molecule has 0 aromatic heterocycles. The molecule has 2 amide bonds. The quantitative estimate of drug-likeness (QED) is 0.908. The first-order chi connectivity index (χ1) is 9.95. The molecule has 2 rings (SSSR count). The second kappa shape index (κ2) is 6.94. The highest BCUT2D eigenvalue weighted by molar-refractivity contribution is 6.30.